The van der Waals surface area contributed by atoms with Gasteiger partial charge in [-0.2, -0.15) is 10.1 Å². The molecule has 0 radical (unpaired) electrons. The highest BCUT2D eigenvalue weighted by molar-refractivity contribution is 5.72. The second-order valence-electron chi connectivity index (χ2n) is 4.81. The fourth-order valence-electron chi connectivity index (χ4n) is 2.47. The summed E-state index contributed by atoms with van der Waals surface area (Å²) in [5.74, 6) is 0.288. The van der Waals surface area contributed by atoms with Crippen molar-refractivity contribution >= 4 is 11.6 Å². The van der Waals surface area contributed by atoms with Crippen LogP contribution in [-0.2, 0) is 7.05 Å². The number of pyridine rings is 1. The van der Waals surface area contributed by atoms with Crippen LogP contribution in [0.25, 0.3) is 16.8 Å². The molecule has 98 valence electrons. The first-order chi connectivity index (χ1) is 8.97. The number of rotatable bonds is 1. The van der Waals surface area contributed by atoms with E-state index in [2.05, 4.69) is 29.0 Å². The minimum atomic E-state index is 0.288. The molecule has 2 N–H and O–H groups in total. The Balaban J connectivity index is 2.32. The molecule has 0 saturated carbocycles. The van der Waals surface area contributed by atoms with Crippen LogP contribution < -0.4 is 5.73 Å². The van der Waals surface area contributed by atoms with Gasteiger partial charge >= 0.3 is 0 Å². The Morgan fingerprint density at radius 1 is 1.16 bits per heavy atom. The highest BCUT2D eigenvalue weighted by atomic mass is 15.3. The van der Waals surface area contributed by atoms with E-state index in [-0.39, 0.29) is 5.95 Å². The zero-order chi connectivity index (χ0) is 13.7. The van der Waals surface area contributed by atoms with Gasteiger partial charge in [-0.15, -0.1) is 5.10 Å². The van der Waals surface area contributed by atoms with Crippen molar-refractivity contribution < 1.29 is 0 Å². The Morgan fingerprint density at radius 3 is 2.53 bits per heavy atom. The lowest BCUT2D eigenvalue weighted by atomic mass is 10.0. The van der Waals surface area contributed by atoms with E-state index in [9.17, 15) is 0 Å². The Labute approximate surface area is 110 Å². The molecular weight excluding hydrogens is 240 g/mol. The molecule has 3 heterocycles. The molecule has 0 bridgehead atoms. The van der Waals surface area contributed by atoms with Crippen molar-refractivity contribution in [2.45, 2.75) is 20.8 Å². The van der Waals surface area contributed by atoms with E-state index in [0.717, 1.165) is 33.7 Å². The summed E-state index contributed by atoms with van der Waals surface area (Å²) in [6.45, 7) is 6.14. The van der Waals surface area contributed by atoms with E-state index in [1.807, 2.05) is 30.9 Å². The third-order valence-electron chi connectivity index (χ3n) is 3.47. The molecule has 6 heteroatoms. The van der Waals surface area contributed by atoms with Crippen molar-refractivity contribution in [3.63, 3.8) is 0 Å². The maximum absolute atomic E-state index is 5.63. The molecule has 3 aromatic heterocycles. The molecule has 0 aromatic carbocycles. The third kappa shape index (κ3) is 1.68. The summed E-state index contributed by atoms with van der Waals surface area (Å²) >= 11 is 0. The summed E-state index contributed by atoms with van der Waals surface area (Å²) < 4.78 is 3.60. The van der Waals surface area contributed by atoms with Crippen molar-refractivity contribution in [3.05, 3.63) is 29.2 Å². The standard InChI is InChI=1S/C13H16N6/c1-7-5-11-15-13(14)17-19(11)6-10(7)12-8(2)16-18(4)9(12)3/h5-6H,1-4H3,(H2,14,17). The van der Waals surface area contributed by atoms with Crippen molar-refractivity contribution in [3.8, 4) is 11.1 Å². The minimum Gasteiger partial charge on any atom is -0.366 e. The second kappa shape index (κ2) is 3.81. The molecule has 0 atom stereocenters. The van der Waals surface area contributed by atoms with Crippen LogP contribution in [0, 0.1) is 20.8 Å². The Hall–Kier alpha value is -2.37. The fraction of sp³-hybridized carbons (Fsp3) is 0.308. The highest BCUT2D eigenvalue weighted by Crippen LogP contribution is 2.29. The number of fused-ring (bicyclic) bond motifs is 1. The Kier molecular flexibility index (Phi) is 2.35. The molecule has 0 unspecified atom stereocenters. The zero-order valence-electron chi connectivity index (χ0n) is 11.5. The van der Waals surface area contributed by atoms with Crippen LogP contribution in [0.4, 0.5) is 5.95 Å². The van der Waals surface area contributed by atoms with E-state index in [1.54, 1.807) is 4.52 Å². The van der Waals surface area contributed by atoms with Crippen LogP contribution in [0.15, 0.2) is 12.3 Å². The normalized spacial score (nSPS) is 11.4. The minimum absolute atomic E-state index is 0.288. The van der Waals surface area contributed by atoms with Crippen LogP contribution >= 0.6 is 0 Å². The average molecular weight is 256 g/mol. The largest absolute Gasteiger partial charge is 0.366 e. The first-order valence-electron chi connectivity index (χ1n) is 6.10. The summed E-state index contributed by atoms with van der Waals surface area (Å²) in [4.78, 5) is 4.17. The molecule has 0 aliphatic heterocycles. The Morgan fingerprint density at radius 2 is 1.89 bits per heavy atom. The van der Waals surface area contributed by atoms with Gasteiger partial charge in [-0.25, -0.2) is 4.52 Å². The first-order valence-corrected chi connectivity index (χ1v) is 6.10. The van der Waals surface area contributed by atoms with E-state index in [1.165, 1.54) is 0 Å². The SMILES string of the molecule is Cc1cc2nc(N)nn2cc1-c1c(C)nn(C)c1C. The maximum Gasteiger partial charge on any atom is 0.240 e. The highest BCUT2D eigenvalue weighted by Gasteiger charge is 2.15. The van der Waals surface area contributed by atoms with Gasteiger partial charge < -0.3 is 5.73 Å². The van der Waals surface area contributed by atoms with Crippen LogP contribution in [0.3, 0.4) is 0 Å². The summed E-state index contributed by atoms with van der Waals surface area (Å²) in [7, 11) is 1.95. The second-order valence-corrected chi connectivity index (χ2v) is 4.81. The Bertz CT molecular complexity index is 780. The van der Waals surface area contributed by atoms with E-state index < -0.39 is 0 Å². The molecule has 0 fully saturated rings. The number of aryl methyl sites for hydroxylation is 3. The van der Waals surface area contributed by atoms with Crippen LogP contribution in [0.1, 0.15) is 17.0 Å². The summed E-state index contributed by atoms with van der Waals surface area (Å²) in [6.07, 6.45) is 1.96. The molecule has 0 aliphatic rings. The molecule has 0 amide bonds. The van der Waals surface area contributed by atoms with Crippen molar-refractivity contribution in [2.75, 3.05) is 5.73 Å². The third-order valence-corrected chi connectivity index (χ3v) is 3.47. The van der Waals surface area contributed by atoms with Gasteiger partial charge in [-0.3, -0.25) is 4.68 Å². The molecule has 0 saturated heterocycles. The molecule has 0 spiro atoms. The van der Waals surface area contributed by atoms with Gasteiger partial charge in [-0.1, -0.05) is 0 Å². The number of aromatic nitrogens is 5. The molecule has 6 nitrogen and oxygen atoms in total. The van der Waals surface area contributed by atoms with Gasteiger partial charge in [0.05, 0.1) is 5.69 Å². The van der Waals surface area contributed by atoms with E-state index >= 15 is 0 Å². The van der Waals surface area contributed by atoms with Crippen LogP contribution in [-0.4, -0.2) is 24.4 Å². The van der Waals surface area contributed by atoms with Gasteiger partial charge in [0.25, 0.3) is 0 Å². The molecular formula is C13H16N6. The van der Waals surface area contributed by atoms with Crippen LogP contribution in [0.5, 0.6) is 0 Å². The first kappa shape index (κ1) is 11.7. The zero-order valence-corrected chi connectivity index (χ0v) is 11.5. The van der Waals surface area contributed by atoms with Gasteiger partial charge in [0.15, 0.2) is 5.65 Å². The maximum atomic E-state index is 5.63. The fourth-order valence-corrected chi connectivity index (χ4v) is 2.47. The number of anilines is 1. The molecule has 3 rings (SSSR count). The molecule has 19 heavy (non-hydrogen) atoms. The van der Waals surface area contributed by atoms with Crippen molar-refractivity contribution in [2.24, 2.45) is 7.05 Å². The topological polar surface area (TPSA) is 74.0 Å². The predicted octanol–water partition coefficient (Wildman–Crippen LogP) is 1.64. The number of nitrogens with zero attached hydrogens (tertiary/aromatic N) is 5. The average Bonchev–Trinajstić information content (AvgIpc) is 2.79. The van der Waals surface area contributed by atoms with Gasteiger partial charge in [0, 0.05) is 30.1 Å². The van der Waals surface area contributed by atoms with Gasteiger partial charge in [0.2, 0.25) is 5.95 Å². The van der Waals surface area contributed by atoms with Gasteiger partial charge in [0.1, 0.15) is 0 Å². The monoisotopic (exact) mass is 256 g/mol. The predicted molar refractivity (Wildman–Crippen MR) is 73.8 cm³/mol. The van der Waals surface area contributed by atoms with Crippen LogP contribution in [0.2, 0.25) is 0 Å². The molecule has 3 aromatic rings. The quantitative estimate of drug-likeness (QED) is 0.718. The molecule has 0 aliphatic carbocycles. The summed E-state index contributed by atoms with van der Waals surface area (Å²) in [5, 5.41) is 8.62. The number of nitrogen functional groups attached to an aromatic ring is 1. The van der Waals surface area contributed by atoms with Crippen molar-refractivity contribution in [1.82, 2.24) is 24.4 Å². The lowest BCUT2D eigenvalue weighted by Crippen LogP contribution is -1.95. The number of hydrogen-bond donors (Lipinski definition) is 1. The van der Waals surface area contributed by atoms with Crippen molar-refractivity contribution in [1.29, 1.82) is 0 Å². The lowest BCUT2D eigenvalue weighted by molar-refractivity contribution is 0.731. The number of nitrogens with two attached hydrogens (primary N) is 1. The summed E-state index contributed by atoms with van der Waals surface area (Å²) in [6, 6.07) is 1.99. The van der Waals surface area contributed by atoms with Gasteiger partial charge in [-0.05, 0) is 32.4 Å². The lowest BCUT2D eigenvalue weighted by Gasteiger charge is -2.07. The summed E-state index contributed by atoms with van der Waals surface area (Å²) in [5.41, 5.74) is 11.9. The van der Waals surface area contributed by atoms with E-state index in [4.69, 9.17) is 5.73 Å². The smallest absolute Gasteiger partial charge is 0.240 e. The number of hydrogen-bond acceptors (Lipinski definition) is 4. The van der Waals surface area contributed by atoms with E-state index in [0.29, 0.717) is 0 Å².